The molecule has 0 bridgehead atoms. The zero-order valence-electron chi connectivity index (χ0n) is 15.2. The third-order valence-electron chi connectivity index (χ3n) is 5.31. The smallest absolute Gasteiger partial charge is 0.231 e. The van der Waals surface area contributed by atoms with Crippen molar-refractivity contribution >= 4 is 5.91 Å². The molecule has 142 valence electrons. The van der Waals surface area contributed by atoms with Crippen molar-refractivity contribution < 1.29 is 19.0 Å². The summed E-state index contributed by atoms with van der Waals surface area (Å²) in [5.74, 6) is 1.93. The molecule has 0 N–H and O–H groups in total. The molecule has 7 nitrogen and oxygen atoms in total. The number of morpholine rings is 1. The summed E-state index contributed by atoms with van der Waals surface area (Å²) in [4.78, 5) is 19.2. The first-order chi connectivity index (χ1) is 12.8. The maximum Gasteiger partial charge on any atom is 0.231 e. The highest BCUT2D eigenvalue weighted by atomic mass is 16.7. The summed E-state index contributed by atoms with van der Waals surface area (Å²) in [5.41, 5.74) is 1.22. The lowest BCUT2D eigenvalue weighted by Crippen LogP contribution is -2.49. The second kappa shape index (κ2) is 8.24. The van der Waals surface area contributed by atoms with Gasteiger partial charge in [-0.2, -0.15) is 0 Å². The highest BCUT2D eigenvalue weighted by Gasteiger charge is 2.22. The summed E-state index contributed by atoms with van der Waals surface area (Å²) in [6.45, 7) is 8.94. The van der Waals surface area contributed by atoms with Crippen molar-refractivity contribution in [2.45, 2.75) is 13.0 Å². The van der Waals surface area contributed by atoms with Crippen LogP contribution in [0.1, 0.15) is 12.0 Å². The lowest BCUT2D eigenvalue weighted by Gasteiger charge is -2.35. The molecule has 0 atom stereocenters. The average Bonchev–Trinajstić information content (AvgIpc) is 3.15. The van der Waals surface area contributed by atoms with Crippen LogP contribution in [0.2, 0.25) is 0 Å². The number of piperazine rings is 1. The van der Waals surface area contributed by atoms with Gasteiger partial charge in [-0.3, -0.25) is 14.6 Å². The second-order valence-electron chi connectivity index (χ2n) is 7.05. The monoisotopic (exact) mass is 361 g/mol. The topological polar surface area (TPSA) is 54.5 Å². The Morgan fingerprint density at radius 1 is 0.923 bits per heavy atom. The molecule has 2 fully saturated rings. The van der Waals surface area contributed by atoms with Gasteiger partial charge in [0.05, 0.1) is 13.2 Å². The minimum Gasteiger partial charge on any atom is -0.454 e. The number of rotatable bonds is 5. The largest absolute Gasteiger partial charge is 0.454 e. The van der Waals surface area contributed by atoms with E-state index in [0.717, 1.165) is 77.1 Å². The quantitative estimate of drug-likeness (QED) is 0.773. The number of hydrogen-bond donors (Lipinski definition) is 0. The molecule has 0 radical (unpaired) electrons. The van der Waals surface area contributed by atoms with E-state index < -0.39 is 0 Å². The van der Waals surface area contributed by atoms with E-state index in [0.29, 0.717) is 13.2 Å². The fraction of sp³-hybridized carbons (Fsp3) is 0.632. The normalized spacial score (nSPS) is 21.2. The second-order valence-corrected chi connectivity index (χ2v) is 7.05. The van der Waals surface area contributed by atoms with E-state index in [1.54, 1.807) is 0 Å². The zero-order valence-corrected chi connectivity index (χ0v) is 15.2. The molecule has 3 aliphatic heterocycles. The SMILES string of the molecule is O=C(CCN1CCOCC1)N1CCN(Cc2ccc3c(c2)OCO3)CC1. The van der Waals surface area contributed by atoms with Gasteiger partial charge in [0.25, 0.3) is 0 Å². The van der Waals surface area contributed by atoms with Crippen LogP contribution in [0.5, 0.6) is 11.5 Å². The Morgan fingerprint density at radius 3 is 2.50 bits per heavy atom. The van der Waals surface area contributed by atoms with Crippen LogP contribution in [0.25, 0.3) is 0 Å². The van der Waals surface area contributed by atoms with Crippen LogP contribution in [-0.4, -0.2) is 86.4 Å². The maximum absolute atomic E-state index is 12.5. The van der Waals surface area contributed by atoms with Gasteiger partial charge in [-0.15, -0.1) is 0 Å². The van der Waals surface area contributed by atoms with Gasteiger partial charge in [-0.05, 0) is 17.7 Å². The Hall–Kier alpha value is -1.83. The van der Waals surface area contributed by atoms with Crippen LogP contribution >= 0.6 is 0 Å². The molecule has 0 aliphatic carbocycles. The fourth-order valence-electron chi connectivity index (χ4n) is 3.69. The van der Waals surface area contributed by atoms with Gasteiger partial charge in [0.2, 0.25) is 12.7 Å². The molecular formula is C19H27N3O4. The number of fused-ring (bicyclic) bond motifs is 1. The number of benzene rings is 1. The van der Waals surface area contributed by atoms with Gasteiger partial charge < -0.3 is 19.1 Å². The lowest BCUT2D eigenvalue weighted by molar-refractivity contribution is -0.133. The van der Waals surface area contributed by atoms with Crippen LogP contribution in [-0.2, 0) is 16.1 Å². The van der Waals surface area contributed by atoms with Gasteiger partial charge in [0.1, 0.15) is 0 Å². The Bertz CT molecular complexity index is 625. The van der Waals surface area contributed by atoms with E-state index in [2.05, 4.69) is 21.9 Å². The molecule has 3 heterocycles. The summed E-state index contributed by atoms with van der Waals surface area (Å²) in [5, 5.41) is 0. The minimum absolute atomic E-state index is 0.277. The van der Waals surface area contributed by atoms with Gasteiger partial charge in [-0.1, -0.05) is 6.07 Å². The molecule has 26 heavy (non-hydrogen) atoms. The van der Waals surface area contributed by atoms with Crippen molar-refractivity contribution in [2.75, 3.05) is 65.8 Å². The van der Waals surface area contributed by atoms with Crippen molar-refractivity contribution in [2.24, 2.45) is 0 Å². The summed E-state index contributed by atoms with van der Waals surface area (Å²) in [7, 11) is 0. The number of carbonyl (C=O) groups is 1. The minimum atomic E-state index is 0.277. The number of carbonyl (C=O) groups excluding carboxylic acids is 1. The molecule has 0 unspecified atom stereocenters. The molecule has 0 saturated carbocycles. The summed E-state index contributed by atoms with van der Waals surface area (Å²) < 4.78 is 16.2. The summed E-state index contributed by atoms with van der Waals surface area (Å²) >= 11 is 0. The first-order valence-electron chi connectivity index (χ1n) is 9.47. The van der Waals surface area contributed by atoms with Crippen LogP contribution in [0, 0.1) is 0 Å². The number of ether oxygens (including phenoxy) is 3. The Kier molecular flexibility index (Phi) is 5.57. The van der Waals surface area contributed by atoms with Crippen LogP contribution in [0.4, 0.5) is 0 Å². The standard InChI is InChI=1S/C19H27N3O4/c23-19(3-4-20-9-11-24-12-10-20)22-7-5-21(6-8-22)14-16-1-2-17-18(13-16)26-15-25-17/h1-2,13H,3-12,14-15H2. The molecule has 4 rings (SSSR count). The van der Waals surface area contributed by atoms with E-state index in [4.69, 9.17) is 14.2 Å². The first kappa shape index (κ1) is 17.6. The van der Waals surface area contributed by atoms with Crippen molar-refractivity contribution in [1.29, 1.82) is 0 Å². The third kappa shape index (κ3) is 4.28. The molecule has 0 aromatic heterocycles. The molecule has 2 saturated heterocycles. The van der Waals surface area contributed by atoms with Gasteiger partial charge in [-0.25, -0.2) is 0 Å². The van der Waals surface area contributed by atoms with Crippen molar-refractivity contribution in [1.82, 2.24) is 14.7 Å². The first-order valence-corrected chi connectivity index (χ1v) is 9.47. The predicted molar refractivity (Wildman–Crippen MR) is 96.3 cm³/mol. The van der Waals surface area contributed by atoms with Crippen molar-refractivity contribution in [3.63, 3.8) is 0 Å². The van der Waals surface area contributed by atoms with E-state index in [9.17, 15) is 4.79 Å². The molecule has 0 spiro atoms. The highest BCUT2D eigenvalue weighted by molar-refractivity contribution is 5.76. The van der Waals surface area contributed by atoms with Crippen molar-refractivity contribution in [3.8, 4) is 11.5 Å². The third-order valence-corrected chi connectivity index (χ3v) is 5.31. The Balaban J connectivity index is 1.20. The van der Waals surface area contributed by atoms with E-state index in [1.165, 1.54) is 5.56 Å². The molecule has 1 amide bonds. The van der Waals surface area contributed by atoms with Crippen LogP contribution < -0.4 is 9.47 Å². The van der Waals surface area contributed by atoms with Gasteiger partial charge >= 0.3 is 0 Å². The van der Waals surface area contributed by atoms with Gasteiger partial charge in [0, 0.05) is 58.8 Å². The number of hydrogen-bond acceptors (Lipinski definition) is 6. The Labute approximate surface area is 154 Å². The van der Waals surface area contributed by atoms with Crippen LogP contribution in [0.15, 0.2) is 18.2 Å². The predicted octanol–water partition coefficient (Wildman–Crippen LogP) is 0.782. The average molecular weight is 361 g/mol. The number of nitrogens with zero attached hydrogens (tertiary/aromatic N) is 3. The molecule has 1 aromatic rings. The maximum atomic E-state index is 12.5. The summed E-state index contributed by atoms with van der Waals surface area (Å²) in [6.07, 6.45) is 0.613. The Morgan fingerprint density at radius 2 is 1.69 bits per heavy atom. The lowest BCUT2D eigenvalue weighted by atomic mass is 10.1. The molecule has 1 aromatic carbocycles. The zero-order chi connectivity index (χ0) is 17.8. The fourth-order valence-corrected chi connectivity index (χ4v) is 3.69. The van der Waals surface area contributed by atoms with E-state index in [1.807, 2.05) is 11.0 Å². The van der Waals surface area contributed by atoms with Crippen molar-refractivity contribution in [3.05, 3.63) is 23.8 Å². The number of amides is 1. The van der Waals surface area contributed by atoms with E-state index in [-0.39, 0.29) is 5.91 Å². The molecular weight excluding hydrogens is 334 g/mol. The summed E-state index contributed by atoms with van der Waals surface area (Å²) in [6, 6.07) is 6.12. The van der Waals surface area contributed by atoms with Crippen LogP contribution in [0.3, 0.4) is 0 Å². The van der Waals surface area contributed by atoms with Gasteiger partial charge in [0.15, 0.2) is 11.5 Å². The van der Waals surface area contributed by atoms with E-state index >= 15 is 0 Å². The molecule has 7 heteroatoms. The molecule has 3 aliphatic rings. The highest BCUT2D eigenvalue weighted by Crippen LogP contribution is 2.32.